The summed E-state index contributed by atoms with van der Waals surface area (Å²) in [6.07, 6.45) is -0.774. The maximum Gasteiger partial charge on any atom is 0.344 e. The summed E-state index contributed by atoms with van der Waals surface area (Å²) >= 11 is 5.76. The molecular weight excluding hydrogens is 377 g/mol. The van der Waals surface area contributed by atoms with Crippen LogP contribution in [0.3, 0.4) is 0 Å². The van der Waals surface area contributed by atoms with Gasteiger partial charge in [-0.25, -0.2) is 17.6 Å². The highest BCUT2D eigenvalue weighted by Crippen LogP contribution is 2.24. The second-order valence-corrected chi connectivity index (χ2v) is 8.24. The zero-order chi connectivity index (χ0) is 18.6. The second-order valence-electron chi connectivity index (χ2n) is 5.60. The molecule has 1 aliphatic rings. The van der Waals surface area contributed by atoms with E-state index in [0.29, 0.717) is 6.42 Å². The molecule has 1 aliphatic heterocycles. The molecule has 0 aliphatic carbocycles. The minimum atomic E-state index is -3.12. The Morgan fingerprint density at radius 3 is 2.76 bits per heavy atom. The fourth-order valence-corrected chi connectivity index (χ4v) is 4.14. The molecule has 1 heterocycles. The minimum absolute atomic E-state index is 0.000958. The molecule has 7 nitrogen and oxygen atoms in total. The van der Waals surface area contributed by atoms with Gasteiger partial charge >= 0.3 is 5.97 Å². The van der Waals surface area contributed by atoms with Crippen molar-refractivity contribution in [1.82, 2.24) is 5.32 Å². The first-order valence-corrected chi connectivity index (χ1v) is 9.64. The highest BCUT2D eigenvalue weighted by Gasteiger charge is 2.30. The number of sulfone groups is 1. The molecule has 2 atom stereocenters. The summed E-state index contributed by atoms with van der Waals surface area (Å²) in [7, 11) is -3.12. The molecule has 25 heavy (non-hydrogen) atoms. The zero-order valence-corrected chi connectivity index (χ0v) is 14.9. The van der Waals surface area contributed by atoms with Crippen LogP contribution < -0.4 is 10.1 Å². The van der Waals surface area contributed by atoms with Crippen molar-refractivity contribution in [2.45, 2.75) is 25.5 Å². The van der Waals surface area contributed by atoms with E-state index < -0.39 is 46.3 Å². The molecule has 0 radical (unpaired) electrons. The van der Waals surface area contributed by atoms with Crippen LogP contribution in [-0.4, -0.2) is 50.6 Å². The number of ether oxygens (including phenoxy) is 2. The average molecular weight is 394 g/mol. The summed E-state index contributed by atoms with van der Waals surface area (Å²) in [5.74, 6) is -1.94. The quantitative estimate of drug-likeness (QED) is 0.726. The first-order chi connectivity index (χ1) is 11.7. The third-order valence-corrected chi connectivity index (χ3v) is 5.56. The molecule has 0 saturated carbocycles. The van der Waals surface area contributed by atoms with Crippen molar-refractivity contribution in [2.75, 3.05) is 18.1 Å². The lowest BCUT2D eigenvalue weighted by atomic mass is 10.2. The number of hydrogen-bond acceptors (Lipinski definition) is 6. The summed E-state index contributed by atoms with van der Waals surface area (Å²) in [6.45, 7) is 0.850. The largest absolute Gasteiger partial charge is 0.480 e. The van der Waals surface area contributed by atoms with Gasteiger partial charge in [-0.3, -0.25) is 4.79 Å². The number of carbonyl (C=O) groups excluding carboxylic acids is 2. The van der Waals surface area contributed by atoms with E-state index in [-0.39, 0.29) is 22.3 Å². The molecule has 1 saturated heterocycles. The summed E-state index contributed by atoms with van der Waals surface area (Å²) in [6, 6.07) is 2.95. The maximum atomic E-state index is 12.9. The Labute approximate surface area is 149 Å². The highest BCUT2D eigenvalue weighted by atomic mass is 35.5. The van der Waals surface area contributed by atoms with E-state index in [2.05, 4.69) is 5.32 Å². The first kappa shape index (κ1) is 19.5. The molecule has 1 aromatic carbocycles. The Morgan fingerprint density at radius 2 is 2.16 bits per heavy atom. The molecule has 10 heteroatoms. The lowest BCUT2D eigenvalue weighted by Gasteiger charge is -2.16. The van der Waals surface area contributed by atoms with Gasteiger partial charge in [0.25, 0.3) is 5.91 Å². The summed E-state index contributed by atoms with van der Waals surface area (Å²) < 4.78 is 45.6. The smallest absolute Gasteiger partial charge is 0.344 e. The van der Waals surface area contributed by atoms with Crippen LogP contribution in [0.15, 0.2) is 18.2 Å². The van der Waals surface area contributed by atoms with Gasteiger partial charge in [0.15, 0.2) is 22.5 Å². The van der Waals surface area contributed by atoms with Crippen LogP contribution in [0, 0.1) is 5.82 Å². The van der Waals surface area contributed by atoms with Crippen LogP contribution in [0.25, 0.3) is 0 Å². The fourth-order valence-electron chi connectivity index (χ4n) is 2.24. The van der Waals surface area contributed by atoms with Gasteiger partial charge in [-0.05, 0) is 31.5 Å². The lowest BCUT2D eigenvalue weighted by molar-refractivity contribution is -0.156. The average Bonchev–Trinajstić information content (AvgIpc) is 2.85. The molecule has 1 N–H and O–H groups in total. The van der Waals surface area contributed by atoms with Gasteiger partial charge in [0.2, 0.25) is 0 Å². The van der Waals surface area contributed by atoms with Crippen LogP contribution in [0.1, 0.15) is 13.3 Å². The minimum Gasteiger partial charge on any atom is -0.480 e. The van der Waals surface area contributed by atoms with E-state index in [1.807, 2.05) is 0 Å². The first-order valence-electron chi connectivity index (χ1n) is 7.44. The van der Waals surface area contributed by atoms with E-state index in [1.54, 1.807) is 0 Å². The van der Waals surface area contributed by atoms with Crippen LogP contribution >= 0.6 is 11.6 Å². The fraction of sp³-hybridized carbons (Fsp3) is 0.467. The van der Waals surface area contributed by atoms with Crippen molar-refractivity contribution in [3.8, 4) is 5.75 Å². The number of esters is 1. The van der Waals surface area contributed by atoms with E-state index in [0.717, 1.165) is 12.1 Å². The predicted octanol–water partition coefficient (Wildman–Crippen LogP) is 1.09. The molecule has 0 bridgehead atoms. The second kappa shape index (κ2) is 8.01. The SMILES string of the molecule is C[C@H](OC(=O)COc1ccc(F)cc1Cl)C(=O)N[C@@H]1CCS(=O)(=O)C1. The molecule has 1 aromatic rings. The molecule has 138 valence electrons. The van der Waals surface area contributed by atoms with E-state index in [1.165, 1.54) is 13.0 Å². The summed E-state index contributed by atoms with van der Waals surface area (Å²) in [4.78, 5) is 23.6. The predicted molar refractivity (Wildman–Crippen MR) is 87.7 cm³/mol. The molecule has 0 spiro atoms. The Morgan fingerprint density at radius 1 is 1.44 bits per heavy atom. The zero-order valence-electron chi connectivity index (χ0n) is 13.3. The van der Waals surface area contributed by atoms with Crippen molar-refractivity contribution >= 4 is 33.3 Å². The molecule has 0 unspecified atom stereocenters. The molecular formula is C15H17ClFNO6S. The number of rotatable bonds is 6. The number of benzene rings is 1. The van der Waals surface area contributed by atoms with Crippen LogP contribution in [0.2, 0.25) is 5.02 Å². The number of carbonyl (C=O) groups is 2. The lowest BCUT2D eigenvalue weighted by Crippen LogP contribution is -2.43. The molecule has 1 fully saturated rings. The Kier molecular flexibility index (Phi) is 6.23. The van der Waals surface area contributed by atoms with Gasteiger partial charge in [0.1, 0.15) is 11.6 Å². The maximum absolute atomic E-state index is 12.9. The Hall–Kier alpha value is -1.87. The van der Waals surface area contributed by atoms with Crippen molar-refractivity contribution in [3.05, 3.63) is 29.0 Å². The van der Waals surface area contributed by atoms with Gasteiger partial charge in [-0.1, -0.05) is 11.6 Å². The van der Waals surface area contributed by atoms with Crippen molar-refractivity contribution in [2.24, 2.45) is 0 Å². The Balaban J connectivity index is 1.78. The third kappa shape index (κ3) is 5.86. The van der Waals surface area contributed by atoms with Crippen molar-refractivity contribution in [1.29, 1.82) is 0 Å². The Bertz CT molecular complexity index is 769. The monoisotopic (exact) mass is 393 g/mol. The van der Waals surface area contributed by atoms with Gasteiger partial charge < -0.3 is 14.8 Å². The van der Waals surface area contributed by atoms with Gasteiger partial charge in [0, 0.05) is 6.04 Å². The molecule has 2 rings (SSSR count). The standard InChI is InChI=1S/C15H17ClFNO6S/c1-9(15(20)18-11-4-5-25(21,22)8-11)24-14(19)7-23-13-3-2-10(17)6-12(13)16/h2-3,6,9,11H,4-5,7-8H2,1H3,(H,18,20)/t9-,11+/m0/s1. The third-order valence-electron chi connectivity index (χ3n) is 3.50. The van der Waals surface area contributed by atoms with Crippen LogP contribution in [0.5, 0.6) is 5.75 Å². The van der Waals surface area contributed by atoms with Crippen LogP contribution in [-0.2, 0) is 24.2 Å². The summed E-state index contributed by atoms with van der Waals surface area (Å²) in [5.41, 5.74) is 0. The number of halogens is 2. The molecule has 1 amide bonds. The van der Waals surface area contributed by atoms with Gasteiger partial charge in [0.05, 0.1) is 16.5 Å². The highest BCUT2D eigenvalue weighted by molar-refractivity contribution is 7.91. The summed E-state index contributed by atoms with van der Waals surface area (Å²) in [5, 5.41) is 2.53. The molecule has 0 aromatic heterocycles. The number of nitrogens with one attached hydrogen (secondary N) is 1. The topological polar surface area (TPSA) is 98.8 Å². The van der Waals surface area contributed by atoms with Gasteiger partial charge in [-0.15, -0.1) is 0 Å². The van der Waals surface area contributed by atoms with Crippen molar-refractivity contribution < 1.29 is 31.9 Å². The van der Waals surface area contributed by atoms with E-state index in [4.69, 9.17) is 21.1 Å². The van der Waals surface area contributed by atoms with Gasteiger partial charge in [-0.2, -0.15) is 0 Å². The number of hydrogen-bond donors (Lipinski definition) is 1. The number of amides is 1. The van der Waals surface area contributed by atoms with Crippen LogP contribution in [0.4, 0.5) is 4.39 Å². The van der Waals surface area contributed by atoms with E-state index >= 15 is 0 Å². The normalized spacial score (nSPS) is 19.9. The van der Waals surface area contributed by atoms with Crippen molar-refractivity contribution in [3.63, 3.8) is 0 Å². The van der Waals surface area contributed by atoms with E-state index in [9.17, 15) is 22.4 Å².